The summed E-state index contributed by atoms with van der Waals surface area (Å²) in [6.07, 6.45) is -4.38. The number of hydrogen-bond acceptors (Lipinski definition) is 5. The zero-order chi connectivity index (χ0) is 22.2. The molecule has 0 unspecified atom stereocenters. The standard InChI is InChI=1S/C19H20F3NO5S2/c1-28-15-4-8-16(9-5-15)29(24,25)17-10-12-23(13-11-17)30(26,27)18-6-2-14(3-7-18)19(20,21)22/h2-9,17H,10-13H2,1H3. The molecule has 1 saturated heterocycles. The number of methoxy groups -OCH3 is 1. The zero-order valence-electron chi connectivity index (χ0n) is 16.0. The molecule has 0 aromatic heterocycles. The van der Waals surface area contributed by atoms with Crippen molar-refractivity contribution in [2.24, 2.45) is 0 Å². The van der Waals surface area contributed by atoms with E-state index in [4.69, 9.17) is 4.74 Å². The largest absolute Gasteiger partial charge is 0.497 e. The van der Waals surface area contributed by atoms with Crippen molar-refractivity contribution < 1.29 is 34.7 Å². The highest BCUT2D eigenvalue weighted by Crippen LogP contribution is 2.32. The summed E-state index contributed by atoms with van der Waals surface area (Å²) in [4.78, 5) is -0.126. The fourth-order valence-electron chi connectivity index (χ4n) is 3.31. The number of halogens is 3. The predicted octanol–water partition coefficient (Wildman–Crippen LogP) is 3.34. The van der Waals surface area contributed by atoms with Crippen LogP contribution in [0.25, 0.3) is 0 Å². The van der Waals surface area contributed by atoms with E-state index in [2.05, 4.69) is 0 Å². The van der Waals surface area contributed by atoms with Gasteiger partial charge in [-0.3, -0.25) is 0 Å². The van der Waals surface area contributed by atoms with Crippen molar-refractivity contribution in [2.75, 3.05) is 20.2 Å². The lowest BCUT2D eigenvalue weighted by Gasteiger charge is -2.31. The van der Waals surface area contributed by atoms with Crippen LogP contribution in [0.1, 0.15) is 18.4 Å². The first-order valence-corrected chi connectivity index (χ1v) is 12.0. The molecule has 0 atom stereocenters. The lowest BCUT2D eigenvalue weighted by Crippen LogP contribution is -2.42. The van der Waals surface area contributed by atoms with Crippen molar-refractivity contribution >= 4 is 19.9 Å². The molecular weight excluding hydrogens is 443 g/mol. The lowest BCUT2D eigenvalue weighted by atomic mass is 10.2. The van der Waals surface area contributed by atoms with Gasteiger partial charge in [-0.25, -0.2) is 16.8 Å². The number of alkyl halides is 3. The maximum atomic E-state index is 12.8. The van der Waals surface area contributed by atoms with Gasteiger partial charge in [-0.15, -0.1) is 0 Å². The Morgan fingerprint density at radius 3 is 1.83 bits per heavy atom. The molecule has 3 rings (SSSR count). The van der Waals surface area contributed by atoms with E-state index in [9.17, 15) is 30.0 Å². The van der Waals surface area contributed by atoms with Crippen LogP contribution >= 0.6 is 0 Å². The summed E-state index contributed by atoms with van der Waals surface area (Å²) < 4.78 is 95.3. The Labute approximate surface area is 173 Å². The molecule has 164 valence electrons. The van der Waals surface area contributed by atoms with E-state index < -0.39 is 36.9 Å². The third kappa shape index (κ3) is 4.47. The van der Waals surface area contributed by atoms with E-state index in [0.717, 1.165) is 16.4 Å². The zero-order valence-corrected chi connectivity index (χ0v) is 17.6. The Hall–Kier alpha value is -2.11. The van der Waals surface area contributed by atoms with E-state index in [-0.39, 0.29) is 35.7 Å². The average molecular weight is 463 g/mol. The summed E-state index contributed by atoms with van der Waals surface area (Å²) in [6.45, 7) is -0.0766. The molecule has 1 fully saturated rings. The fourth-order valence-corrected chi connectivity index (χ4v) is 6.51. The van der Waals surface area contributed by atoms with Crippen LogP contribution in [0.4, 0.5) is 13.2 Å². The minimum atomic E-state index is -4.56. The molecule has 6 nitrogen and oxygen atoms in total. The number of benzene rings is 2. The van der Waals surface area contributed by atoms with Gasteiger partial charge in [0.15, 0.2) is 9.84 Å². The van der Waals surface area contributed by atoms with Gasteiger partial charge in [0.05, 0.1) is 27.7 Å². The third-order valence-electron chi connectivity index (χ3n) is 5.05. The summed E-state index contributed by atoms with van der Waals surface area (Å²) in [5.41, 5.74) is -0.939. The molecule has 0 spiro atoms. The minimum absolute atomic E-state index is 0.0383. The van der Waals surface area contributed by atoms with Gasteiger partial charge in [-0.1, -0.05) is 0 Å². The van der Waals surface area contributed by atoms with Gasteiger partial charge in [-0.05, 0) is 61.4 Å². The molecular formula is C19H20F3NO5S2. The Balaban J connectivity index is 1.72. The normalized spacial score (nSPS) is 17.1. The SMILES string of the molecule is COc1ccc(S(=O)(=O)C2CCN(S(=O)(=O)c3ccc(C(F)(F)F)cc3)CC2)cc1. The number of ether oxygens (including phenoxy) is 1. The van der Waals surface area contributed by atoms with Crippen LogP contribution in [0.15, 0.2) is 58.3 Å². The number of sulfonamides is 1. The lowest BCUT2D eigenvalue weighted by molar-refractivity contribution is -0.137. The fraction of sp³-hybridized carbons (Fsp3) is 0.368. The van der Waals surface area contributed by atoms with Gasteiger partial charge < -0.3 is 4.74 Å². The molecule has 0 N–H and O–H groups in total. The third-order valence-corrected chi connectivity index (χ3v) is 9.24. The van der Waals surface area contributed by atoms with Crippen LogP contribution < -0.4 is 4.74 Å². The Morgan fingerprint density at radius 2 is 1.37 bits per heavy atom. The second kappa shape index (κ2) is 8.20. The van der Waals surface area contributed by atoms with E-state index >= 15 is 0 Å². The van der Waals surface area contributed by atoms with Gasteiger partial charge in [-0.2, -0.15) is 17.5 Å². The molecule has 30 heavy (non-hydrogen) atoms. The van der Waals surface area contributed by atoms with Crippen LogP contribution in [0.3, 0.4) is 0 Å². The molecule has 1 heterocycles. The second-order valence-electron chi connectivity index (χ2n) is 6.85. The van der Waals surface area contributed by atoms with Crippen molar-refractivity contribution in [3.8, 4) is 5.75 Å². The van der Waals surface area contributed by atoms with Gasteiger partial charge in [0, 0.05) is 13.1 Å². The first-order chi connectivity index (χ1) is 14.0. The molecule has 2 aromatic carbocycles. The number of rotatable bonds is 5. The quantitative estimate of drug-likeness (QED) is 0.680. The maximum absolute atomic E-state index is 12.8. The Kier molecular flexibility index (Phi) is 6.17. The molecule has 1 aliphatic rings. The smallest absolute Gasteiger partial charge is 0.416 e. The highest BCUT2D eigenvalue weighted by molar-refractivity contribution is 7.92. The summed E-state index contributed by atoms with van der Waals surface area (Å²) in [6, 6.07) is 9.23. The van der Waals surface area contributed by atoms with Crippen molar-refractivity contribution in [1.82, 2.24) is 4.31 Å². The molecule has 1 aliphatic heterocycles. The van der Waals surface area contributed by atoms with Crippen molar-refractivity contribution in [2.45, 2.75) is 34.1 Å². The van der Waals surface area contributed by atoms with Crippen LogP contribution in [0.5, 0.6) is 5.75 Å². The van der Waals surface area contributed by atoms with Gasteiger partial charge in [0.25, 0.3) is 0 Å². The van der Waals surface area contributed by atoms with E-state index in [0.29, 0.717) is 17.9 Å². The summed E-state index contributed by atoms with van der Waals surface area (Å²) in [7, 11) is -6.19. The van der Waals surface area contributed by atoms with Gasteiger partial charge >= 0.3 is 6.18 Å². The van der Waals surface area contributed by atoms with Crippen LogP contribution in [-0.2, 0) is 26.0 Å². The average Bonchev–Trinajstić information content (AvgIpc) is 2.73. The first-order valence-electron chi connectivity index (χ1n) is 9.01. The molecule has 0 aliphatic carbocycles. The van der Waals surface area contributed by atoms with Crippen molar-refractivity contribution in [3.63, 3.8) is 0 Å². The van der Waals surface area contributed by atoms with Gasteiger partial charge in [0.2, 0.25) is 10.0 Å². The molecule has 11 heteroatoms. The van der Waals surface area contributed by atoms with Crippen LogP contribution in [0.2, 0.25) is 0 Å². The number of sulfone groups is 1. The molecule has 0 radical (unpaired) electrons. The number of piperidine rings is 1. The number of hydrogen-bond donors (Lipinski definition) is 0. The van der Waals surface area contributed by atoms with Crippen molar-refractivity contribution in [3.05, 3.63) is 54.1 Å². The highest BCUT2D eigenvalue weighted by Gasteiger charge is 2.36. The Morgan fingerprint density at radius 1 is 0.867 bits per heavy atom. The van der Waals surface area contributed by atoms with E-state index in [1.54, 1.807) is 0 Å². The van der Waals surface area contributed by atoms with E-state index in [1.807, 2.05) is 0 Å². The topological polar surface area (TPSA) is 80.8 Å². The molecule has 2 aromatic rings. The number of nitrogens with zero attached hydrogens (tertiary/aromatic N) is 1. The summed E-state index contributed by atoms with van der Waals surface area (Å²) in [5.74, 6) is 0.520. The van der Waals surface area contributed by atoms with Gasteiger partial charge in [0.1, 0.15) is 5.75 Å². The Bertz CT molecular complexity index is 1090. The monoisotopic (exact) mass is 463 g/mol. The predicted molar refractivity (Wildman–Crippen MR) is 103 cm³/mol. The summed E-state index contributed by atoms with van der Waals surface area (Å²) in [5, 5.41) is -0.745. The molecule has 0 bridgehead atoms. The maximum Gasteiger partial charge on any atom is 0.416 e. The molecule has 0 saturated carbocycles. The minimum Gasteiger partial charge on any atom is -0.497 e. The van der Waals surface area contributed by atoms with Crippen LogP contribution in [-0.4, -0.2) is 46.6 Å². The van der Waals surface area contributed by atoms with E-state index in [1.165, 1.54) is 31.4 Å². The molecule has 0 amide bonds. The van der Waals surface area contributed by atoms with Crippen LogP contribution in [0, 0.1) is 0 Å². The second-order valence-corrected chi connectivity index (χ2v) is 11.0. The first kappa shape index (κ1) is 22.6. The summed E-state index contributed by atoms with van der Waals surface area (Å²) >= 11 is 0. The van der Waals surface area contributed by atoms with Crippen molar-refractivity contribution in [1.29, 1.82) is 0 Å². The highest BCUT2D eigenvalue weighted by atomic mass is 32.2.